The molecule has 0 spiro atoms. The van der Waals surface area contributed by atoms with Crippen molar-refractivity contribution in [1.82, 2.24) is 18.3 Å². The molecule has 0 bridgehead atoms. The molecular formula is C92H50N4O2. The number of hydrogen-bond acceptors (Lipinski definition) is 2. The van der Waals surface area contributed by atoms with Gasteiger partial charge in [0.25, 0.3) is 0 Å². The molecule has 0 saturated carbocycles. The van der Waals surface area contributed by atoms with Gasteiger partial charge in [0, 0.05) is 87.4 Å². The van der Waals surface area contributed by atoms with Crippen LogP contribution < -0.4 is 0 Å². The average Bonchev–Trinajstić information content (AvgIpc) is 1.54. The first-order chi connectivity index (χ1) is 48.6. The first-order valence-electron chi connectivity index (χ1n) is 33.8. The Kier molecular flexibility index (Phi) is 9.63. The van der Waals surface area contributed by atoms with E-state index in [9.17, 15) is 0 Å². The van der Waals surface area contributed by atoms with E-state index in [-0.39, 0.29) is 0 Å². The SMILES string of the molecule is c1ccc(-n2c3ccccc3c3c2ccc2c4c5c(ccc4n(-c4cc6c7c(cc(-c8cc9c%10c(cccc%10c8)-c8cc(-n%10c%11ccccc%11c%11c%10ccc%10c%12c%13c(ccc%12n(-c%12ccccc%12)c%10%11)oc%10ccccc%10%13)ccc8-9)cc7c4)-c4ccccc4-6)c23)oc2ccccc25)cc1. The fourth-order valence-electron chi connectivity index (χ4n) is 18.3. The summed E-state index contributed by atoms with van der Waals surface area (Å²) in [7, 11) is 0. The van der Waals surface area contributed by atoms with E-state index >= 15 is 0 Å². The van der Waals surface area contributed by atoms with Crippen LogP contribution in [0.2, 0.25) is 0 Å². The number of furan rings is 2. The van der Waals surface area contributed by atoms with Crippen LogP contribution in [-0.4, -0.2) is 18.3 Å². The maximum Gasteiger partial charge on any atom is 0.136 e. The Morgan fingerprint density at radius 2 is 0.622 bits per heavy atom. The maximum absolute atomic E-state index is 6.69. The van der Waals surface area contributed by atoms with Crippen LogP contribution in [0.15, 0.2) is 312 Å². The van der Waals surface area contributed by atoms with Crippen LogP contribution in [0.5, 0.6) is 0 Å². The average molecular weight is 1240 g/mol. The van der Waals surface area contributed by atoms with Crippen molar-refractivity contribution in [3.63, 3.8) is 0 Å². The van der Waals surface area contributed by atoms with Gasteiger partial charge in [-0.25, -0.2) is 0 Å². The van der Waals surface area contributed by atoms with E-state index in [4.69, 9.17) is 8.83 Å². The minimum absolute atomic E-state index is 0.888. The van der Waals surface area contributed by atoms with E-state index in [1.165, 1.54) is 137 Å². The quantitative estimate of drug-likeness (QED) is 0.172. The molecule has 0 N–H and O–H groups in total. The van der Waals surface area contributed by atoms with Crippen LogP contribution in [0.3, 0.4) is 0 Å². The second-order valence-corrected chi connectivity index (χ2v) is 26.9. The predicted octanol–water partition coefficient (Wildman–Crippen LogP) is 25.1. The molecule has 0 unspecified atom stereocenters. The minimum atomic E-state index is 0.888. The third-order valence-corrected chi connectivity index (χ3v) is 22.1. The highest BCUT2D eigenvalue weighted by Crippen LogP contribution is 2.55. The van der Waals surface area contributed by atoms with Gasteiger partial charge in [-0.2, -0.15) is 0 Å². The third-order valence-electron chi connectivity index (χ3n) is 22.1. The molecule has 0 atom stereocenters. The number of benzene rings is 16. The summed E-state index contributed by atoms with van der Waals surface area (Å²) in [6.07, 6.45) is 0. The van der Waals surface area contributed by atoms with E-state index < -0.39 is 0 Å². The smallest absolute Gasteiger partial charge is 0.136 e. The molecule has 6 aromatic heterocycles. The molecule has 16 aromatic carbocycles. The zero-order valence-electron chi connectivity index (χ0n) is 52.5. The lowest BCUT2D eigenvalue weighted by molar-refractivity contribution is 0.669. The molecule has 6 heteroatoms. The summed E-state index contributed by atoms with van der Waals surface area (Å²) in [5, 5.41) is 19.2. The van der Waals surface area contributed by atoms with Gasteiger partial charge in [0.05, 0.1) is 44.1 Å². The van der Waals surface area contributed by atoms with E-state index in [0.717, 1.165) is 94.2 Å². The molecule has 2 aliphatic rings. The van der Waals surface area contributed by atoms with Crippen molar-refractivity contribution in [2.75, 3.05) is 0 Å². The monoisotopic (exact) mass is 1240 g/mol. The van der Waals surface area contributed by atoms with Crippen LogP contribution in [0.4, 0.5) is 0 Å². The Morgan fingerprint density at radius 3 is 1.22 bits per heavy atom. The molecule has 0 aliphatic heterocycles. The number of para-hydroxylation sites is 6. The van der Waals surface area contributed by atoms with Gasteiger partial charge in [0.1, 0.15) is 22.3 Å². The molecule has 2 aliphatic carbocycles. The molecule has 6 heterocycles. The van der Waals surface area contributed by atoms with E-state index in [1.807, 2.05) is 0 Å². The highest BCUT2D eigenvalue weighted by molar-refractivity contribution is 6.35. The Balaban J connectivity index is 0.714. The Morgan fingerprint density at radius 1 is 0.184 bits per heavy atom. The number of nitrogens with zero attached hydrogens (tertiary/aromatic N) is 4. The van der Waals surface area contributed by atoms with E-state index in [0.29, 0.717) is 0 Å². The zero-order chi connectivity index (χ0) is 63.3. The molecule has 450 valence electrons. The van der Waals surface area contributed by atoms with Crippen LogP contribution >= 0.6 is 0 Å². The van der Waals surface area contributed by atoms with Gasteiger partial charge in [-0.3, -0.25) is 0 Å². The molecule has 0 amide bonds. The Hall–Kier alpha value is -13.2. The largest absolute Gasteiger partial charge is 0.456 e. The lowest BCUT2D eigenvalue weighted by Crippen LogP contribution is -1.96. The summed E-state index contributed by atoms with van der Waals surface area (Å²) in [6.45, 7) is 0. The van der Waals surface area contributed by atoms with Gasteiger partial charge in [-0.15, -0.1) is 0 Å². The predicted molar refractivity (Wildman–Crippen MR) is 408 cm³/mol. The Bertz CT molecular complexity index is 7410. The fraction of sp³-hybridized carbons (Fsp3) is 0. The van der Waals surface area contributed by atoms with Crippen LogP contribution in [-0.2, 0) is 0 Å². The van der Waals surface area contributed by atoms with Crippen LogP contribution in [0.25, 0.3) is 231 Å². The van der Waals surface area contributed by atoms with E-state index in [1.54, 1.807) is 0 Å². The summed E-state index contributed by atoms with van der Waals surface area (Å²) in [5.41, 5.74) is 29.8. The molecular weight excluding hydrogens is 1190 g/mol. The van der Waals surface area contributed by atoms with Crippen LogP contribution in [0.1, 0.15) is 0 Å². The lowest BCUT2D eigenvalue weighted by atomic mass is 9.92. The van der Waals surface area contributed by atoms with Crippen molar-refractivity contribution in [3.8, 4) is 78.4 Å². The first kappa shape index (κ1) is 51.3. The summed E-state index contributed by atoms with van der Waals surface area (Å²) in [4.78, 5) is 0. The van der Waals surface area contributed by atoms with Crippen molar-refractivity contribution >= 4 is 153 Å². The zero-order valence-corrected chi connectivity index (χ0v) is 52.5. The molecule has 98 heavy (non-hydrogen) atoms. The normalized spacial score (nSPS) is 12.7. The second-order valence-electron chi connectivity index (χ2n) is 26.9. The van der Waals surface area contributed by atoms with Crippen LogP contribution in [0, 0.1) is 0 Å². The van der Waals surface area contributed by atoms with Gasteiger partial charge in [-0.1, -0.05) is 170 Å². The highest BCUT2D eigenvalue weighted by Gasteiger charge is 2.31. The maximum atomic E-state index is 6.69. The summed E-state index contributed by atoms with van der Waals surface area (Å²) >= 11 is 0. The van der Waals surface area contributed by atoms with Gasteiger partial charge in [0.15, 0.2) is 0 Å². The fourth-order valence-corrected chi connectivity index (χ4v) is 18.3. The molecule has 0 radical (unpaired) electrons. The Labute approximate surface area is 558 Å². The summed E-state index contributed by atoms with van der Waals surface area (Å²) in [5.74, 6) is 0. The number of aromatic nitrogens is 4. The van der Waals surface area contributed by atoms with Crippen molar-refractivity contribution in [3.05, 3.63) is 303 Å². The molecule has 0 saturated heterocycles. The third kappa shape index (κ3) is 6.47. The molecule has 6 nitrogen and oxygen atoms in total. The second kappa shape index (κ2) is 18.4. The van der Waals surface area contributed by atoms with Gasteiger partial charge < -0.3 is 27.1 Å². The standard InChI is InChI=1S/C92H50N4O2/c1-3-19-55(20-4-1)93-73-30-13-9-25-63(73)87-77(93)38-36-68-86-76(41-43-82-90(86)66-28-12-16-33-80(66)98-82)96(92(68)87)58-46-54-45-53(48-70-59-23-7-8-24-60(59)72(50-58)84(54)70)52-44-51-18-17-29-62-69-49-57(34-35-61(69)71(47-52)83(51)62)94-74-31-14-10-26-64(74)88-78(94)39-37-67-85-75(95(91(67)88)56-21-5-2-6-22-56)40-42-81-89(85)65-27-11-15-32-79(65)97-81/h1-50H. The first-order valence-corrected chi connectivity index (χ1v) is 33.8. The highest BCUT2D eigenvalue weighted by atomic mass is 16.3. The van der Waals surface area contributed by atoms with Crippen molar-refractivity contribution in [1.29, 1.82) is 0 Å². The summed E-state index contributed by atoms with van der Waals surface area (Å²) < 4.78 is 23.2. The number of hydrogen-bond donors (Lipinski definition) is 0. The van der Waals surface area contributed by atoms with E-state index in [2.05, 4.69) is 322 Å². The van der Waals surface area contributed by atoms with Crippen molar-refractivity contribution < 1.29 is 8.83 Å². The van der Waals surface area contributed by atoms with Gasteiger partial charge in [-0.05, 0) is 211 Å². The topological polar surface area (TPSA) is 46.0 Å². The summed E-state index contributed by atoms with van der Waals surface area (Å²) in [6, 6.07) is 113. The van der Waals surface area contributed by atoms with Crippen molar-refractivity contribution in [2.45, 2.75) is 0 Å². The van der Waals surface area contributed by atoms with Crippen molar-refractivity contribution in [2.24, 2.45) is 0 Å². The minimum Gasteiger partial charge on any atom is -0.456 e. The number of rotatable bonds is 5. The lowest BCUT2D eigenvalue weighted by Gasteiger charge is -2.15. The molecule has 24 rings (SSSR count). The van der Waals surface area contributed by atoms with Gasteiger partial charge in [0.2, 0.25) is 0 Å². The van der Waals surface area contributed by atoms with Gasteiger partial charge >= 0.3 is 0 Å². The molecule has 22 aromatic rings. The molecule has 0 fully saturated rings. The number of fused-ring (bicyclic) bond motifs is 28.